The van der Waals surface area contributed by atoms with Gasteiger partial charge in [-0.3, -0.25) is 0 Å². The number of hydrogen-bond acceptors (Lipinski definition) is 3. The van der Waals surface area contributed by atoms with Crippen molar-refractivity contribution in [3.63, 3.8) is 0 Å². The smallest absolute Gasteiger partial charge is 0.0963 e. The first-order valence-electron chi connectivity index (χ1n) is 5.60. The summed E-state index contributed by atoms with van der Waals surface area (Å²) in [6, 6.07) is 0. The molecule has 0 aliphatic heterocycles. The van der Waals surface area contributed by atoms with E-state index in [1.54, 1.807) is 0 Å². The molecule has 1 heterocycles. The molecule has 0 N–H and O–H groups in total. The lowest BCUT2D eigenvalue weighted by Crippen LogP contribution is -2.22. The zero-order valence-electron chi connectivity index (χ0n) is 10.4. The highest BCUT2D eigenvalue weighted by molar-refractivity contribution is 9.09. The number of aromatic nitrogens is 3. The van der Waals surface area contributed by atoms with Gasteiger partial charge in [0.25, 0.3) is 0 Å². The second-order valence-corrected chi connectivity index (χ2v) is 5.85. The van der Waals surface area contributed by atoms with Crippen LogP contribution in [0.5, 0.6) is 0 Å². The molecule has 0 radical (unpaired) electrons. The van der Waals surface area contributed by atoms with Crippen molar-refractivity contribution in [2.75, 3.05) is 6.61 Å². The van der Waals surface area contributed by atoms with Gasteiger partial charge >= 0.3 is 0 Å². The SMILES string of the molecule is CCC(Br)c1cn(CCOC(C)(C)C)nn1. The largest absolute Gasteiger partial charge is 0.374 e. The highest BCUT2D eigenvalue weighted by atomic mass is 79.9. The lowest BCUT2D eigenvalue weighted by Gasteiger charge is -2.19. The minimum Gasteiger partial charge on any atom is -0.374 e. The Morgan fingerprint density at radius 2 is 2.19 bits per heavy atom. The van der Waals surface area contributed by atoms with E-state index >= 15 is 0 Å². The second kappa shape index (κ2) is 5.77. The van der Waals surface area contributed by atoms with Crippen molar-refractivity contribution in [1.82, 2.24) is 15.0 Å². The molecule has 0 saturated carbocycles. The van der Waals surface area contributed by atoms with Gasteiger partial charge in [0.2, 0.25) is 0 Å². The van der Waals surface area contributed by atoms with E-state index in [4.69, 9.17) is 4.74 Å². The van der Waals surface area contributed by atoms with Crippen LogP contribution in [0.4, 0.5) is 0 Å². The minimum atomic E-state index is -0.0925. The maximum absolute atomic E-state index is 5.63. The topological polar surface area (TPSA) is 39.9 Å². The third-order valence-corrected chi connectivity index (χ3v) is 3.21. The lowest BCUT2D eigenvalue weighted by atomic mass is 10.2. The van der Waals surface area contributed by atoms with Crippen LogP contribution in [0.25, 0.3) is 0 Å². The average molecular weight is 290 g/mol. The van der Waals surface area contributed by atoms with E-state index in [1.807, 2.05) is 31.6 Å². The van der Waals surface area contributed by atoms with Crippen LogP contribution in [-0.2, 0) is 11.3 Å². The Morgan fingerprint density at radius 1 is 1.50 bits per heavy atom. The second-order valence-electron chi connectivity index (χ2n) is 4.74. The summed E-state index contributed by atoms with van der Waals surface area (Å²) < 4.78 is 7.45. The van der Waals surface area contributed by atoms with E-state index in [-0.39, 0.29) is 5.60 Å². The van der Waals surface area contributed by atoms with Gasteiger partial charge in [0.15, 0.2) is 0 Å². The van der Waals surface area contributed by atoms with E-state index in [1.165, 1.54) is 0 Å². The van der Waals surface area contributed by atoms with Gasteiger partial charge in [-0.2, -0.15) is 0 Å². The Labute approximate surface area is 105 Å². The molecule has 5 heteroatoms. The van der Waals surface area contributed by atoms with Crippen LogP contribution in [0.15, 0.2) is 6.20 Å². The summed E-state index contributed by atoms with van der Waals surface area (Å²) in [7, 11) is 0. The minimum absolute atomic E-state index is 0.0925. The first kappa shape index (κ1) is 13.6. The van der Waals surface area contributed by atoms with E-state index in [2.05, 4.69) is 33.2 Å². The van der Waals surface area contributed by atoms with Crippen molar-refractivity contribution in [3.8, 4) is 0 Å². The normalized spacial score (nSPS) is 14.1. The molecule has 0 saturated heterocycles. The van der Waals surface area contributed by atoms with Crippen molar-refractivity contribution in [2.45, 2.75) is 51.1 Å². The molecule has 0 bridgehead atoms. The molecule has 0 aromatic carbocycles. The predicted molar refractivity (Wildman–Crippen MR) is 67.7 cm³/mol. The third kappa shape index (κ3) is 4.61. The van der Waals surface area contributed by atoms with E-state index in [9.17, 15) is 0 Å². The van der Waals surface area contributed by atoms with E-state index < -0.39 is 0 Å². The molecule has 0 amide bonds. The summed E-state index contributed by atoms with van der Waals surface area (Å²) in [5, 5.41) is 8.17. The quantitative estimate of drug-likeness (QED) is 0.783. The molecule has 1 aromatic rings. The van der Waals surface area contributed by atoms with Crippen molar-refractivity contribution in [1.29, 1.82) is 0 Å². The highest BCUT2D eigenvalue weighted by Gasteiger charge is 2.11. The van der Waals surface area contributed by atoms with Crippen molar-refractivity contribution >= 4 is 15.9 Å². The number of alkyl halides is 1. The number of halogens is 1. The molecule has 1 aromatic heterocycles. The molecular weight excluding hydrogens is 270 g/mol. The molecule has 1 atom stereocenters. The van der Waals surface area contributed by atoms with Gasteiger partial charge in [0.1, 0.15) is 0 Å². The Hall–Kier alpha value is -0.420. The monoisotopic (exact) mass is 289 g/mol. The van der Waals surface area contributed by atoms with Gasteiger partial charge in [-0.25, -0.2) is 4.68 Å². The van der Waals surface area contributed by atoms with Crippen LogP contribution in [0.2, 0.25) is 0 Å². The van der Waals surface area contributed by atoms with Crippen molar-refractivity contribution < 1.29 is 4.74 Å². The van der Waals surface area contributed by atoms with Gasteiger partial charge in [0, 0.05) is 6.20 Å². The molecule has 0 fully saturated rings. The van der Waals surface area contributed by atoms with Gasteiger partial charge in [-0.1, -0.05) is 28.1 Å². The van der Waals surface area contributed by atoms with Gasteiger partial charge in [-0.05, 0) is 27.2 Å². The van der Waals surface area contributed by atoms with Gasteiger partial charge in [0.05, 0.1) is 29.3 Å². The third-order valence-electron chi connectivity index (χ3n) is 2.09. The molecule has 0 aliphatic carbocycles. The zero-order valence-corrected chi connectivity index (χ0v) is 12.0. The Kier molecular flexibility index (Phi) is 4.92. The van der Waals surface area contributed by atoms with E-state index in [0.29, 0.717) is 11.4 Å². The molecule has 16 heavy (non-hydrogen) atoms. The fourth-order valence-electron chi connectivity index (χ4n) is 1.22. The lowest BCUT2D eigenvalue weighted by molar-refractivity contribution is -0.00805. The molecule has 4 nitrogen and oxygen atoms in total. The average Bonchev–Trinajstić information content (AvgIpc) is 2.63. The number of nitrogens with zero attached hydrogens (tertiary/aromatic N) is 3. The Morgan fingerprint density at radius 3 is 2.75 bits per heavy atom. The predicted octanol–water partition coefficient (Wildman–Crippen LogP) is 2.94. The fraction of sp³-hybridized carbons (Fsp3) is 0.818. The van der Waals surface area contributed by atoms with E-state index in [0.717, 1.165) is 18.7 Å². The number of hydrogen-bond donors (Lipinski definition) is 0. The standard InChI is InChI=1S/C11H20BrN3O/c1-5-9(12)10-8-15(14-13-10)6-7-16-11(2,3)4/h8-9H,5-7H2,1-4H3. The number of rotatable bonds is 5. The van der Waals surface area contributed by atoms with Crippen LogP contribution in [-0.4, -0.2) is 27.2 Å². The first-order valence-corrected chi connectivity index (χ1v) is 6.52. The summed E-state index contributed by atoms with van der Waals surface area (Å²) in [6.45, 7) is 9.66. The fourth-order valence-corrected chi connectivity index (χ4v) is 1.43. The Bertz CT molecular complexity index is 319. The molecule has 1 unspecified atom stereocenters. The van der Waals surface area contributed by atoms with Crippen LogP contribution < -0.4 is 0 Å². The maximum atomic E-state index is 5.63. The van der Waals surface area contributed by atoms with Gasteiger partial charge in [-0.15, -0.1) is 5.10 Å². The van der Waals surface area contributed by atoms with Crippen LogP contribution in [0, 0.1) is 0 Å². The molecule has 92 valence electrons. The first-order chi connectivity index (χ1) is 7.42. The molecule has 1 rings (SSSR count). The summed E-state index contributed by atoms with van der Waals surface area (Å²) in [4.78, 5) is 0.296. The highest BCUT2D eigenvalue weighted by Crippen LogP contribution is 2.23. The number of ether oxygens (including phenoxy) is 1. The van der Waals surface area contributed by atoms with Crippen molar-refractivity contribution in [3.05, 3.63) is 11.9 Å². The summed E-state index contributed by atoms with van der Waals surface area (Å²) >= 11 is 3.55. The van der Waals surface area contributed by atoms with Crippen LogP contribution >= 0.6 is 15.9 Å². The summed E-state index contributed by atoms with van der Waals surface area (Å²) in [5.41, 5.74) is 0.892. The van der Waals surface area contributed by atoms with Gasteiger partial charge < -0.3 is 4.74 Å². The summed E-state index contributed by atoms with van der Waals surface area (Å²) in [5.74, 6) is 0. The van der Waals surface area contributed by atoms with Crippen LogP contribution in [0.3, 0.4) is 0 Å². The molecular formula is C11H20BrN3O. The summed E-state index contributed by atoms with van der Waals surface area (Å²) in [6.07, 6.45) is 2.98. The van der Waals surface area contributed by atoms with Crippen molar-refractivity contribution in [2.24, 2.45) is 0 Å². The molecule has 0 spiro atoms. The maximum Gasteiger partial charge on any atom is 0.0963 e. The molecule has 0 aliphatic rings. The Balaban J connectivity index is 2.41. The zero-order chi connectivity index (χ0) is 12.2. The van der Waals surface area contributed by atoms with Crippen LogP contribution in [0.1, 0.15) is 44.6 Å².